The van der Waals surface area contributed by atoms with E-state index in [1.807, 2.05) is 20.8 Å². The van der Waals surface area contributed by atoms with E-state index in [0.717, 1.165) is 5.56 Å². The molecule has 0 aliphatic rings. The van der Waals surface area contributed by atoms with Crippen molar-refractivity contribution in [2.24, 2.45) is 5.41 Å². The number of aliphatic hydroxyl groups excluding tert-OH is 1. The van der Waals surface area contributed by atoms with E-state index in [4.69, 9.17) is 5.11 Å². The van der Waals surface area contributed by atoms with E-state index in [0.29, 0.717) is 6.54 Å². The summed E-state index contributed by atoms with van der Waals surface area (Å²) in [6.45, 7) is 5.91. The van der Waals surface area contributed by atoms with E-state index in [9.17, 15) is 9.90 Å². The van der Waals surface area contributed by atoms with Crippen molar-refractivity contribution in [3.8, 4) is 5.75 Å². The van der Waals surface area contributed by atoms with Crippen molar-refractivity contribution < 1.29 is 15.0 Å². The van der Waals surface area contributed by atoms with Crippen LogP contribution < -0.4 is 5.32 Å². The van der Waals surface area contributed by atoms with Gasteiger partial charge in [0.15, 0.2) is 0 Å². The third-order valence-corrected chi connectivity index (χ3v) is 2.55. The summed E-state index contributed by atoms with van der Waals surface area (Å²) in [6, 6.07) is 4.88. The Bertz CT molecular complexity index is 413. The number of aryl methyl sites for hydroxylation is 1. The minimum atomic E-state index is -0.366. The SMILES string of the molecule is Cc1ccc(O)c(C(=O)NCC(C)(C)CO)c1. The van der Waals surface area contributed by atoms with Crippen molar-refractivity contribution >= 4 is 5.91 Å². The summed E-state index contributed by atoms with van der Waals surface area (Å²) in [6.07, 6.45) is 0. The summed E-state index contributed by atoms with van der Waals surface area (Å²) in [5, 5.41) is 21.4. The van der Waals surface area contributed by atoms with Crippen molar-refractivity contribution in [1.82, 2.24) is 5.32 Å². The number of benzene rings is 1. The molecule has 3 N–H and O–H groups in total. The molecule has 0 radical (unpaired) electrons. The van der Waals surface area contributed by atoms with Crippen LogP contribution in [0.2, 0.25) is 0 Å². The van der Waals surface area contributed by atoms with Crippen molar-refractivity contribution in [3.05, 3.63) is 29.3 Å². The molecule has 0 aliphatic heterocycles. The van der Waals surface area contributed by atoms with E-state index in [2.05, 4.69) is 5.32 Å². The van der Waals surface area contributed by atoms with Crippen LogP contribution in [0.3, 0.4) is 0 Å². The molecule has 4 nitrogen and oxygen atoms in total. The van der Waals surface area contributed by atoms with Gasteiger partial charge in [-0.15, -0.1) is 0 Å². The molecule has 0 aromatic heterocycles. The number of phenolic OH excluding ortho intramolecular Hbond substituents is 1. The highest BCUT2D eigenvalue weighted by Crippen LogP contribution is 2.18. The molecule has 0 bridgehead atoms. The number of carbonyl (C=O) groups is 1. The number of carbonyl (C=O) groups excluding carboxylic acids is 1. The molecule has 1 aromatic rings. The van der Waals surface area contributed by atoms with Crippen molar-refractivity contribution in [2.45, 2.75) is 20.8 Å². The Morgan fingerprint density at radius 3 is 2.65 bits per heavy atom. The molecule has 0 saturated carbocycles. The lowest BCUT2D eigenvalue weighted by atomic mass is 9.95. The molecule has 0 fully saturated rings. The Morgan fingerprint density at radius 2 is 2.06 bits per heavy atom. The average Bonchev–Trinajstić information content (AvgIpc) is 2.29. The van der Waals surface area contributed by atoms with Crippen LogP contribution in [-0.2, 0) is 0 Å². The normalized spacial score (nSPS) is 11.3. The highest BCUT2D eigenvalue weighted by atomic mass is 16.3. The van der Waals surface area contributed by atoms with Crippen LogP contribution in [0, 0.1) is 12.3 Å². The molecule has 1 amide bonds. The number of amides is 1. The van der Waals surface area contributed by atoms with E-state index < -0.39 is 0 Å². The lowest BCUT2D eigenvalue weighted by Gasteiger charge is -2.21. The van der Waals surface area contributed by atoms with Crippen LogP contribution >= 0.6 is 0 Å². The fourth-order valence-electron chi connectivity index (χ4n) is 1.30. The van der Waals surface area contributed by atoms with Gasteiger partial charge >= 0.3 is 0 Å². The van der Waals surface area contributed by atoms with Crippen LogP contribution in [0.25, 0.3) is 0 Å². The Morgan fingerprint density at radius 1 is 1.41 bits per heavy atom. The first kappa shape index (κ1) is 13.5. The standard InChI is InChI=1S/C13H19NO3/c1-9-4-5-11(16)10(6-9)12(17)14-7-13(2,3)8-15/h4-6,15-16H,7-8H2,1-3H3,(H,14,17). The topological polar surface area (TPSA) is 69.6 Å². The van der Waals surface area contributed by atoms with E-state index in [1.54, 1.807) is 12.1 Å². The molecule has 1 aromatic carbocycles. The van der Waals surface area contributed by atoms with Crippen LogP contribution in [0.5, 0.6) is 5.75 Å². The van der Waals surface area contributed by atoms with Gasteiger partial charge in [0.1, 0.15) is 5.75 Å². The van der Waals surface area contributed by atoms with Gasteiger partial charge in [0.25, 0.3) is 5.91 Å². The summed E-state index contributed by atoms with van der Waals surface area (Å²) < 4.78 is 0. The number of hydrogen-bond acceptors (Lipinski definition) is 3. The number of rotatable bonds is 4. The smallest absolute Gasteiger partial charge is 0.255 e. The number of aromatic hydroxyl groups is 1. The largest absolute Gasteiger partial charge is 0.507 e. The Balaban J connectivity index is 2.74. The lowest BCUT2D eigenvalue weighted by Crippen LogP contribution is -2.36. The van der Waals surface area contributed by atoms with Gasteiger partial charge in [-0.05, 0) is 19.1 Å². The number of nitrogens with one attached hydrogen (secondary N) is 1. The highest BCUT2D eigenvalue weighted by Gasteiger charge is 2.19. The predicted molar refractivity (Wildman–Crippen MR) is 66.0 cm³/mol. The van der Waals surface area contributed by atoms with Gasteiger partial charge < -0.3 is 15.5 Å². The zero-order chi connectivity index (χ0) is 13.1. The van der Waals surface area contributed by atoms with Crippen LogP contribution in [0.4, 0.5) is 0 Å². The summed E-state index contributed by atoms with van der Waals surface area (Å²) in [5.41, 5.74) is 0.808. The van der Waals surface area contributed by atoms with E-state index >= 15 is 0 Å². The first-order valence-electron chi connectivity index (χ1n) is 5.54. The Labute approximate surface area is 101 Å². The van der Waals surface area contributed by atoms with Crippen molar-refractivity contribution in [3.63, 3.8) is 0 Å². The van der Waals surface area contributed by atoms with Gasteiger partial charge in [0.05, 0.1) is 5.56 Å². The summed E-state index contributed by atoms with van der Waals surface area (Å²) in [4.78, 5) is 11.8. The van der Waals surface area contributed by atoms with Gasteiger partial charge in [-0.3, -0.25) is 4.79 Å². The second-order valence-corrected chi connectivity index (χ2v) is 5.03. The molecule has 0 spiro atoms. The Kier molecular flexibility index (Phi) is 4.12. The zero-order valence-corrected chi connectivity index (χ0v) is 10.4. The van der Waals surface area contributed by atoms with E-state index in [1.165, 1.54) is 6.07 Å². The molecule has 0 atom stereocenters. The van der Waals surface area contributed by atoms with Gasteiger partial charge in [-0.1, -0.05) is 25.5 Å². The van der Waals surface area contributed by atoms with Gasteiger partial charge in [0.2, 0.25) is 0 Å². The van der Waals surface area contributed by atoms with E-state index in [-0.39, 0.29) is 29.2 Å². The van der Waals surface area contributed by atoms with Gasteiger partial charge in [0, 0.05) is 18.6 Å². The first-order chi connectivity index (χ1) is 7.85. The second kappa shape index (κ2) is 5.19. The molecular formula is C13H19NO3. The van der Waals surface area contributed by atoms with Gasteiger partial charge in [-0.2, -0.15) is 0 Å². The minimum absolute atomic E-state index is 0.00687. The maximum atomic E-state index is 11.8. The molecule has 0 unspecified atom stereocenters. The zero-order valence-electron chi connectivity index (χ0n) is 10.4. The summed E-state index contributed by atoms with van der Waals surface area (Å²) in [7, 11) is 0. The second-order valence-electron chi connectivity index (χ2n) is 5.03. The fourth-order valence-corrected chi connectivity index (χ4v) is 1.30. The number of phenols is 1. The molecule has 0 aliphatic carbocycles. The minimum Gasteiger partial charge on any atom is -0.507 e. The molecule has 0 heterocycles. The van der Waals surface area contributed by atoms with Crippen LogP contribution in [0.15, 0.2) is 18.2 Å². The molecule has 1 rings (SSSR count). The Hall–Kier alpha value is -1.55. The maximum Gasteiger partial charge on any atom is 0.255 e. The summed E-state index contributed by atoms with van der Waals surface area (Å²) >= 11 is 0. The molecule has 4 heteroatoms. The van der Waals surface area contributed by atoms with Crippen molar-refractivity contribution in [2.75, 3.05) is 13.2 Å². The monoisotopic (exact) mass is 237 g/mol. The van der Waals surface area contributed by atoms with Crippen molar-refractivity contribution in [1.29, 1.82) is 0 Å². The molecular weight excluding hydrogens is 218 g/mol. The number of aliphatic hydroxyl groups is 1. The van der Waals surface area contributed by atoms with Gasteiger partial charge in [-0.25, -0.2) is 0 Å². The molecule has 17 heavy (non-hydrogen) atoms. The predicted octanol–water partition coefficient (Wildman–Crippen LogP) is 1.45. The average molecular weight is 237 g/mol. The number of hydrogen-bond donors (Lipinski definition) is 3. The molecule has 0 saturated heterocycles. The third-order valence-electron chi connectivity index (χ3n) is 2.55. The van der Waals surface area contributed by atoms with Crippen LogP contribution in [0.1, 0.15) is 29.8 Å². The molecule has 94 valence electrons. The quantitative estimate of drug-likeness (QED) is 0.742. The fraction of sp³-hybridized carbons (Fsp3) is 0.462. The highest BCUT2D eigenvalue weighted by molar-refractivity contribution is 5.97. The first-order valence-corrected chi connectivity index (χ1v) is 5.54. The summed E-state index contributed by atoms with van der Waals surface area (Å²) in [5.74, 6) is -0.359. The maximum absolute atomic E-state index is 11.8. The third kappa shape index (κ3) is 3.75. The lowest BCUT2D eigenvalue weighted by molar-refractivity contribution is 0.0908. The van der Waals surface area contributed by atoms with Crippen LogP contribution in [-0.4, -0.2) is 29.3 Å².